The molecule has 1 aromatic heterocycles. The van der Waals surface area contributed by atoms with Crippen molar-refractivity contribution in [2.24, 2.45) is 0 Å². The fourth-order valence-electron chi connectivity index (χ4n) is 2.42. The molecular weight excluding hydrogens is 200 g/mol. The molecule has 1 unspecified atom stereocenters. The van der Waals surface area contributed by atoms with E-state index in [9.17, 15) is 0 Å². The Morgan fingerprint density at radius 3 is 3.00 bits per heavy atom. The van der Waals surface area contributed by atoms with E-state index in [1.807, 2.05) is 19.2 Å². The van der Waals surface area contributed by atoms with Crippen LogP contribution in [-0.2, 0) is 0 Å². The number of hydrogen-bond acceptors (Lipinski definition) is 4. The van der Waals surface area contributed by atoms with E-state index in [1.54, 1.807) is 0 Å². The lowest BCUT2D eigenvalue weighted by molar-refractivity contribution is 0.326. The van der Waals surface area contributed by atoms with Gasteiger partial charge in [-0.3, -0.25) is 4.90 Å². The van der Waals surface area contributed by atoms with Crippen molar-refractivity contribution >= 4 is 5.82 Å². The van der Waals surface area contributed by atoms with Crippen LogP contribution in [0.15, 0.2) is 12.3 Å². The zero-order valence-corrected chi connectivity index (χ0v) is 9.69. The van der Waals surface area contributed by atoms with Crippen molar-refractivity contribution in [3.05, 3.63) is 18.1 Å². The van der Waals surface area contributed by atoms with Crippen molar-refractivity contribution in [1.29, 1.82) is 0 Å². The molecular formula is C12H18N4. The summed E-state index contributed by atoms with van der Waals surface area (Å²) >= 11 is 0. The Labute approximate surface area is 96.1 Å². The van der Waals surface area contributed by atoms with Crippen LogP contribution in [0.5, 0.6) is 0 Å². The first kappa shape index (κ1) is 10.0. The fourth-order valence-corrected chi connectivity index (χ4v) is 2.42. The Morgan fingerprint density at radius 2 is 2.25 bits per heavy atom. The van der Waals surface area contributed by atoms with Crippen LogP contribution in [0.25, 0.3) is 0 Å². The molecule has 1 atom stereocenters. The Bertz CT molecular complexity index is 375. The molecule has 1 N–H and O–H groups in total. The van der Waals surface area contributed by atoms with Crippen LogP contribution in [0.2, 0.25) is 0 Å². The number of nitrogens with one attached hydrogen (secondary N) is 1. The fraction of sp³-hybridized carbons (Fsp3) is 0.667. The molecule has 1 saturated heterocycles. The van der Waals surface area contributed by atoms with E-state index in [2.05, 4.69) is 20.2 Å². The molecule has 1 aliphatic heterocycles. The largest absolute Gasteiger partial charge is 0.366 e. The summed E-state index contributed by atoms with van der Waals surface area (Å²) < 4.78 is 0. The number of aryl methyl sites for hydroxylation is 1. The summed E-state index contributed by atoms with van der Waals surface area (Å²) in [4.78, 5) is 11.1. The second kappa shape index (κ2) is 4.01. The summed E-state index contributed by atoms with van der Waals surface area (Å²) in [6, 6.07) is 3.40. The van der Waals surface area contributed by atoms with Crippen molar-refractivity contribution in [2.45, 2.75) is 38.3 Å². The molecule has 0 radical (unpaired) electrons. The maximum Gasteiger partial charge on any atom is 0.129 e. The first-order chi connectivity index (χ1) is 7.81. The second-order valence-corrected chi connectivity index (χ2v) is 4.85. The summed E-state index contributed by atoms with van der Waals surface area (Å²) in [6.45, 7) is 4.34. The quantitative estimate of drug-likeness (QED) is 0.833. The van der Waals surface area contributed by atoms with Crippen molar-refractivity contribution in [2.75, 3.05) is 18.4 Å². The van der Waals surface area contributed by atoms with Gasteiger partial charge >= 0.3 is 0 Å². The predicted molar refractivity (Wildman–Crippen MR) is 63.4 cm³/mol. The number of likely N-dealkylation sites (tertiary alicyclic amines) is 1. The Kier molecular flexibility index (Phi) is 2.52. The van der Waals surface area contributed by atoms with Gasteiger partial charge in [-0.25, -0.2) is 9.97 Å². The van der Waals surface area contributed by atoms with Gasteiger partial charge in [-0.1, -0.05) is 0 Å². The van der Waals surface area contributed by atoms with Crippen LogP contribution in [0.3, 0.4) is 0 Å². The molecule has 1 aromatic rings. The molecule has 16 heavy (non-hydrogen) atoms. The molecule has 2 fully saturated rings. The summed E-state index contributed by atoms with van der Waals surface area (Å²) in [5.41, 5.74) is 0. The number of rotatable bonds is 3. The third-order valence-electron chi connectivity index (χ3n) is 3.41. The minimum Gasteiger partial charge on any atom is -0.366 e. The highest BCUT2D eigenvalue weighted by Crippen LogP contribution is 2.30. The first-order valence-corrected chi connectivity index (χ1v) is 6.11. The topological polar surface area (TPSA) is 41.1 Å². The van der Waals surface area contributed by atoms with E-state index in [4.69, 9.17) is 0 Å². The van der Waals surface area contributed by atoms with E-state index in [-0.39, 0.29) is 0 Å². The van der Waals surface area contributed by atoms with Crippen LogP contribution in [0.4, 0.5) is 5.82 Å². The molecule has 2 heterocycles. The lowest BCUT2D eigenvalue weighted by Crippen LogP contribution is -2.28. The van der Waals surface area contributed by atoms with E-state index in [1.165, 1.54) is 32.4 Å². The van der Waals surface area contributed by atoms with Crippen molar-refractivity contribution < 1.29 is 0 Å². The Balaban J connectivity index is 1.59. The first-order valence-electron chi connectivity index (χ1n) is 6.11. The molecule has 86 valence electrons. The summed E-state index contributed by atoms with van der Waals surface area (Å²) in [6.07, 6.45) is 5.86. The summed E-state index contributed by atoms with van der Waals surface area (Å²) in [5, 5.41) is 3.50. The smallest absolute Gasteiger partial charge is 0.129 e. The lowest BCUT2D eigenvalue weighted by Gasteiger charge is -2.16. The third kappa shape index (κ3) is 2.16. The number of hydrogen-bond donors (Lipinski definition) is 1. The molecule has 0 amide bonds. The van der Waals surface area contributed by atoms with Crippen molar-refractivity contribution in [3.8, 4) is 0 Å². The van der Waals surface area contributed by atoms with Crippen LogP contribution in [0, 0.1) is 6.92 Å². The van der Waals surface area contributed by atoms with Crippen molar-refractivity contribution in [3.63, 3.8) is 0 Å². The van der Waals surface area contributed by atoms with E-state index in [0.717, 1.165) is 17.7 Å². The maximum atomic E-state index is 4.38. The summed E-state index contributed by atoms with van der Waals surface area (Å²) in [5.74, 6) is 1.80. The number of nitrogens with zero attached hydrogens (tertiary/aromatic N) is 3. The van der Waals surface area contributed by atoms with Gasteiger partial charge in [0.05, 0.1) is 0 Å². The van der Waals surface area contributed by atoms with Crippen LogP contribution < -0.4 is 5.32 Å². The second-order valence-electron chi connectivity index (χ2n) is 4.85. The average Bonchev–Trinajstić information content (AvgIpc) is 3.01. The highest BCUT2D eigenvalue weighted by Gasteiger charge is 2.34. The van der Waals surface area contributed by atoms with E-state index >= 15 is 0 Å². The molecule has 3 rings (SSSR count). The predicted octanol–water partition coefficient (Wildman–Crippen LogP) is 1.43. The van der Waals surface area contributed by atoms with E-state index in [0.29, 0.717) is 6.04 Å². The normalized spacial score (nSPS) is 25.9. The number of aromatic nitrogens is 2. The molecule has 0 aromatic carbocycles. The molecule has 2 aliphatic rings. The van der Waals surface area contributed by atoms with Gasteiger partial charge in [-0.05, 0) is 32.3 Å². The van der Waals surface area contributed by atoms with Crippen LogP contribution in [-0.4, -0.2) is 40.0 Å². The van der Waals surface area contributed by atoms with Gasteiger partial charge in [-0.15, -0.1) is 0 Å². The zero-order chi connectivity index (χ0) is 11.0. The molecule has 4 heteroatoms. The van der Waals surface area contributed by atoms with Gasteiger partial charge < -0.3 is 5.32 Å². The Hall–Kier alpha value is -1.16. The standard InChI is InChI=1S/C12H18N4/c1-9-13-6-4-12(14-9)15-10-5-7-16(8-10)11-2-3-11/h4,6,10-11H,2-3,5,7-8H2,1H3,(H,13,14,15). The minimum absolute atomic E-state index is 0.565. The average molecular weight is 218 g/mol. The Morgan fingerprint density at radius 1 is 1.38 bits per heavy atom. The highest BCUT2D eigenvalue weighted by molar-refractivity contribution is 5.34. The molecule has 1 aliphatic carbocycles. The molecule has 4 nitrogen and oxygen atoms in total. The minimum atomic E-state index is 0.565. The van der Waals surface area contributed by atoms with Crippen LogP contribution >= 0.6 is 0 Å². The third-order valence-corrected chi connectivity index (χ3v) is 3.41. The van der Waals surface area contributed by atoms with Gasteiger partial charge in [0.25, 0.3) is 0 Å². The van der Waals surface area contributed by atoms with Gasteiger partial charge in [0.1, 0.15) is 11.6 Å². The lowest BCUT2D eigenvalue weighted by atomic mass is 10.2. The number of anilines is 1. The highest BCUT2D eigenvalue weighted by atomic mass is 15.2. The molecule has 0 spiro atoms. The van der Waals surface area contributed by atoms with Crippen LogP contribution in [0.1, 0.15) is 25.1 Å². The van der Waals surface area contributed by atoms with Gasteiger partial charge in [0.2, 0.25) is 0 Å². The monoisotopic (exact) mass is 218 g/mol. The van der Waals surface area contributed by atoms with Gasteiger partial charge in [-0.2, -0.15) is 0 Å². The van der Waals surface area contributed by atoms with E-state index < -0.39 is 0 Å². The summed E-state index contributed by atoms with van der Waals surface area (Å²) in [7, 11) is 0. The molecule has 1 saturated carbocycles. The van der Waals surface area contributed by atoms with Crippen molar-refractivity contribution in [1.82, 2.24) is 14.9 Å². The van der Waals surface area contributed by atoms with Gasteiger partial charge in [0.15, 0.2) is 0 Å². The zero-order valence-electron chi connectivity index (χ0n) is 9.69. The SMILES string of the molecule is Cc1nccc(NC2CCN(C3CC3)C2)n1. The molecule has 0 bridgehead atoms. The van der Waals surface area contributed by atoms with Gasteiger partial charge in [0, 0.05) is 31.4 Å². The maximum absolute atomic E-state index is 4.38.